The molecule has 2 N–H and O–H groups in total. The molecule has 0 fully saturated rings. The fourth-order valence-electron chi connectivity index (χ4n) is 1.59. The summed E-state index contributed by atoms with van der Waals surface area (Å²) in [4.78, 5) is 33.9. The highest BCUT2D eigenvalue weighted by atomic mass is 16.5. The van der Waals surface area contributed by atoms with Crippen LogP contribution in [0.2, 0.25) is 0 Å². The predicted molar refractivity (Wildman–Crippen MR) is 87.1 cm³/mol. The highest BCUT2D eigenvalue weighted by molar-refractivity contribution is 5.89. The van der Waals surface area contributed by atoms with Gasteiger partial charge in [-0.25, -0.2) is 14.4 Å². The molecule has 24 heavy (non-hydrogen) atoms. The van der Waals surface area contributed by atoms with Crippen LogP contribution < -0.4 is 0 Å². The highest BCUT2D eigenvalue weighted by Crippen LogP contribution is 2.11. The zero-order chi connectivity index (χ0) is 18.7. The van der Waals surface area contributed by atoms with Gasteiger partial charge in [0.25, 0.3) is 0 Å². The maximum absolute atomic E-state index is 11.7. The van der Waals surface area contributed by atoms with E-state index in [1.807, 2.05) is 0 Å². The second-order valence-corrected chi connectivity index (χ2v) is 5.22. The smallest absolute Gasteiger partial charge is 0.333 e. The first-order valence-corrected chi connectivity index (χ1v) is 7.43. The minimum absolute atomic E-state index is 0.0317. The minimum atomic E-state index is -1.02. The Morgan fingerprint density at radius 1 is 1.17 bits per heavy atom. The molecule has 0 bridgehead atoms. The van der Waals surface area contributed by atoms with Gasteiger partial charge in [-0.2, -0.15) is 0 Å². The molecule has 134 valence electrons. The molecule has 0 aromatic heterocycles. The van der Waals surface area contributed by atoms with Crippen LogP contribution in [0.5, 0.6) is 0 Å². The van der Waals surface area contributed by atoms with E-state index in [2.05, 4.69) is 13.2 Å². The Hall–Kier alpha value is -2.41. The summed E-state index contributed by atoms with van der Waals surface area (Å²) < 4.78 is 10.0. The second kappa shape index (κ2) is 11.2. The molecule has 0 amide bonds. The molecule has 0 aliphatic carbocycles. The first-order chi connectivity index (χ1) is 11.2. The van der Waals surface area contributed by atoms with Crippen molar-refractivity contribution in [1.82, 2.24) is 0 Å². The van der Waals surface area contributed by atoms with E-state index in [1.54, 1.807) is 6.92 Å². The first kappa shape index (κ1) is 21.6. The number of hydrogen-bond acceptors (Lipinski definition) is 6. The molecule has 0 radical (unpaired) electrons. The van der Waals surface area contributed by atoms with Crippen LogP contribution >= 0.6 is 0 Å². The van der Waals surface area contributed by atoms with Crippen LogP contribution in [-0.2, 0) is 23.9 Å². The van der Waals surface area contributed by atoms with Crippen molar-refractivity contribution in [2.45, 2.75) is 39.2 Å². The predicted octanol–water partition coefficient (Wildman–Crippen LogP) is 1.77. The van der Waals surface area contributed by atoms with Crippen molar-refractivity contribution in [3.63, 3.8) is 0 Å². The van der Waals surface area contributed by atoms with Crippen LogP contribution in [0, 0.1) is 0 Å². The number of hydrogen-bond donors (Lipinski definition) is 2. The SMILES string of the molecule is C=C(CC(C)OC(=O)C(=C)CCO)C(=O)OCCC=C(C)C(=O)O. The molecule has 1 atom stereocenters. The molecule has 0 aliphatic heterocycles. The van der Waals surface area contributed by atoms with Gasteiger partial charge in [0.05, 0.1) is 6.61 Å². The summed E-state index contributed by atoms with van der Waals surface area (Å²) in [5, 5.41) is 17.4. The number of rotatable bonds is 11. The topological polar surface area (TPSA) is 110 Å². The third kappa shape index (κ3) is 8.89. The monoisotopic (exact) mass is 340 g/mol. The van der Waals surface area contributed by atoms with Crippen LogP contribution in [0.15, 0.2) is 36.0 Å². The molecule has 7 nitrogen and oxygen atoms in total. The molecule has 0 aromatic carbocycles. The van der Waals surface area contributed by atoms with E-state index in [9.17, 15) is 14.4 Å². The molecule has 0 aromatic rings. The number of carbonyl (C=O) groups is 3. The van der Waals surface area contributed by atoms with Crippen LogP contribution in [0.25, 0.3) is 0 Å². The number of ether oxygens (including phenoxy) is 2. The zero-order valence-electron chi connectivity index (χ0n) is 14.0. The Bertz CT molecular complexity index is 531. The summed E-state index contributed by atoms with van der Waals surface area (Å²) in [6, 6.07) is 0. The molecule has 0 heterocycles. The van der Waals surface area contributed by atoms with Crippen LogP contribution in [0.3, 0.4) is 0 Å². The molecular weight excluding hydrogens is 316 g/mol. The largest absolute Gasteiger partial charge is 0.478 e. The molecule has 7 heteroatoms. The van der Waals surface area contributed by atoms with Crippen molar-refractivity contribution in [3.8, 4) is 0 Å². The van der Waals surface area contributed by atoms with E-state index in [0.29, 0.717) is 0 Å². The Balaban J connectivity index is 4.19. The Kier molecular flexibility index (Phi) is 10.1. The van der Waals surface area contributed by atoms with Crippen molar-refractivity contribution in [1.29, 1.82) is 0 Å². The number of carboxylic acid groups (broad SMARTS) is 1. The van der Waals surface area contributed by atoms with Crippen molar-refractivity contribution in [3.05, 3.63) is 36.0 Å². The van der Waals surface area contributed by atoms with E-state index in [1.165, 1.54) is 13.0 Å². The number of esters is 2. The number of aliphatic hydroxyl groups is 1. The van der Waals surface area contributed by atoms with Gasteiger partial charge in [-0.15, -0.1) is 0 Å². The van der Waals surface area contributed by atoms with Gasteiger partial charge in [0.15, 0.2) is 0 Å². The lowest BCUT2D eigenvalue weighted by Gasteiger charge is -2.15. The van der Waals surface area contributed by atoms with Crippen LogP contribution in [0.1, 0.15) is 33.1 Å². The fraction of sp³-hybridized carbons (Fsp3) is 0.471. The van der Waals surface area contributed by atoms with E-state index in [4.69, 9.17) is 19.7 Å². The average molecular weight is 340 g/mol. The summed E-state index contributed by atoms with van der Waals surface area (Å²) in [7, 11) is 0. The van der Waals surface area contributed by atoms with Gasteiger partial charge in [-0.3, -0.25) is 0 Å². The molecule has 0 spiro atoms. The quantitative estimate of drug-likeness (QED) is 0.335. The summed E-state index contributed by atoms with van der Waals surface area (Å²) in [6.45, 7) is 9.96. The van der Waals surface area contributed by atoms with E-state index in [0.717, 1.165) is 0 Å². The van der Waals surface area contributed by atoms with Crippen molar-refractivity contribution >= 4 is 17.9 Å². The first-order valence-electron chi connectivity index (χ1n) is 7.43. The van der Waals surface area contributed by atoms with Crippen LogP contribution in [0.4, 0.5) is 0 Å². The van der Waals surface area contributed by atoms with Gasteiger partial charge in [-0.1, -0.05) is 19.2 Å². The van der Waals surface area contributed by atoms with Crippen molar-refractivity contribution in [2.24, 2.45) is 0 Å². The summed E-state index contributed by atoms with van der Waals surface area (Å²) >= 11 is 0. The van der Waals surface area contributed by atoms with Gasteiger partial charge in [0.2, 0.25) is 0 Å². The van der Waals surface area contributed by atoms with Gasteiger partial charge < -0.3 is 19.7 Å². The molecule has 0 rings (SSSR count). The summed E-state index contributed by atoms with van der Waals surface area (Å²) in [6.07, 6.45) is 1.36. The third-order valence-corrected chi connectivity index (χ3v) is 2.97. The van der Waals surface area contributed by atoms with Crippen molar-refractivity contribution in [2.75, 3.05) is 13.2 Å². The maximum Gasteiger partial charge on any atom is 0.333 e. The number of carbonyl (C=O) groups excluding carboxylic acids is 2. The van der Waals surface area contributed by atoms with Gasteiger partial charge in [0, 0.05) is 42.6 Å². The third-order valence-electron chi connectivity index (χ3n) is 2.97. The number of aliphatic carboxylic acids is 1. The normalized spacial score (nSPS) is 12.2. The number of carboxylic acids is 1. The Morgan fingerprint density at radius 3 is 2.33 bits per heavy atom. The van der Waals surface area contributed by atoms with E-state index >= 15 is 0 Å². The molecule has 0 saturated heterocycles. The van der Waals surface area contributed by atoms with Gasteiger partial charge in [-0.05, 0) is 13.8 Å². The van der Waals surface area contributed by atoms with Gasteiger partial charge >= 0.3 is 17.9 Å². The van der Waals surface area contributed by atoms with E-state index < -0.39 is 24.0 Å². The van der Waals surface area contributed by atoms with E-state index in [-0.39, 0.29) is 49.2 Å². The fourth-order valence-corrected chi connectivity index (χ4v) is 1.59. The maximum atomic E-state index is 11.7. The lowest BCUT2D eigenvalue weighted by molar-refractivity contribution is -0.145. The number of aliphatic hydroxyl groups excluding tert-OH is 1. The molecule has 0 aliphatic rings. The minimum Gasteiger partial charge on any atom is -0.478 e. The molecule has 0 saturated carbocycles. The highest BCUT2D eigenvalue weighted by Gasteiger charge is 2.17. The zero-order valence-corrected chi connectivity index (χ0v) is 14.0. The molecular formula is C17H24O7. The summed E-state index contributed by atoms with van der Waals surface area (Å²) in [5.41, 5.74) is 0.466. The Labute approximate surface area is 141 Å². The molecule has 1 unspecified atom stereocenters. The lowest BCUT2D eigenvalue weighted by Crippen LogP contribution is -2.19. The lowest BCUT2D eigenvalue weighted by atomic mass is 10.1. The Morgan fingerprint density at radius 2 is 1.79 bits per heavy atom. The average Bonchev–Trinajstić information content (AvgIpc) is 2.50. The summed E-state index contributed by atoms with van der Waals surface area (Å²) in [5.74, 6) is -2.29. The second-order valence-electron chi connectivity index (χ2n) is 5.22. The standard InChI is InChI=1S/C17H24O7/c1-11(15(19)20)6-5-9-23-16(21)13(3)10-14(4)24-17(22)12(2)7-8-18/h6,14,18H,2-3,5,7-10H2,1,4H3,(H,19,20). The van der Waals surface area contributed by atoms with Gasteiger partial charge in [0.1, 0.15) is 6.10 Å². The van der Waals surface area contributed by atoms with Crippen LogP contribution in [-0.4, -0.2) is 47.4 Å². The van der Waals surface area contributed by atoms with Crippen molar-refractivity contribution < 1.29 is 34.1 Å².